The molecule has 0 bridgehead atoms. The van der Waals surface area contributed by atoms with E-state index in [0.717, 1.165) is 5.56 Å². The van der Waals surface area contributed by atoms with Gasteiger partial charge in [0.25, 0.3) is 5.91 Å². The number of nitrogens with one attached hydrogen (secondary N) is 1. The van der Waals surface area contributed by atoms with E-state index in [1.54, 1.807) is 12.1 Å². The van der Waals surface area contributed by atoms with Crippen LogP contribution < -0.4 is 10.1 Å². The van der Waals surface area contributed by atoms with Gasteiger partial charge in [0.2, 0.25) is 0 Å². The molecule has 0 aliphatic carbocycles. The van der Waals surface area contributed by atoms with Crippen molar-refractivity contribution in [1.29, 1.82) is 0 Å². The van der Waals surface area contributed by atoms with Gasteiger partial charge >= 0.3 is 0 Å². The monoisotopic (exact) mass is 367 g/mol. The summed E-state index contributed by atoms with van der Waals surface area (Å²) in [5, 5.41) is 3.20. The van der Waals surface area contributed by atoms with Crippen LogP contribution in [0.15, 0.2) is 42.5 Å². The summed E-state index contributed by atoms with van der Waals surface area (Å²) in [6.45, 7) is 2.44. The third-order valence-electron chi connectivity index (χ3n) is 3.24. The highest BCUT2D eigenvalue weighted by molar-refractivity contribution is 7.98. The third-order valence-corrected chi connectivity index (χ3v) is 4.58. The number of carbonyl (C=O) groups excluding carboxylic acids is 1. The molecule has 2 aromatic carbocycles. The molecule has 0 saturated carbocycles. The lowest BCUT2D eigenvalue weighted by Gasteiger charge is -2.08. The molecule has 6 heteroatoms. The zero-order chi connectivity index (χ0) is 17.4. The number of thioether (sulfide) groups is 1. The second-order valence-electron chi connectivity index (χ2n) is 5.21. The molecular formula is C18H19ClFNO2S. The molecule has 0 spiro atoms. The smallest absolute Gasteiger partial charge is 0.257 e. The van der Waals surface area contributed by atoms with Crippen molar-refractivity contribution in [1.82, 2.24) is 5.32 Å². The maximum Gasteiger partial charge on any atom is 0.257 e. The molecule has 0 aliphatic rings. The summed E-state index contributed by atoms with van der Waals surface area (Å²) in [6, 6.07) is 12.2. The van der Waals surface area contributed by atoms with Crippen LogP contribution in [0.3, 0.4) is 0 Å². The van der Waals surface area contributed by atoms with Crippen molar-refractivity contribution in [2.75, 3.05) is 18.9 Å². The first-order valence-corrected chi connectivity index (χ1v) is 9.06. The van der Waals surface area contributed by atoms with Gasteiger partial charge in [-0.2, -0.15) is 11.8 Å². The summed E-state index contributed by atoms with van der Waals surface area (Å²) >= 11 is 7.48. The van der Waals surface area contributed by atoms with Gasteiger partial charge in [-0.05, 0) is 36.8 Å². The highest BCUT2D eigenvalue weighted by atomic mass is 35.5. The van der Waals surface area contributed by atoms with E-state index in [-0.39, 0.29) is 18.3 Å². The predicted octanol–water partition coefficient (Wildman–Crippen LogP) is 4.22. The summed E-state index contributed by atoms with van der Waals surface area (Å²) in [5.41, 5.74) is 1.58. The number of rotatable bonds is 8. The Morgan fingerprint density at radius 3 is 2.83 bits per heavy atom. The molecule has 0 atom stereocenters. The number of halogens is 2. The molecule has 0 saturated heterocycles. The van der Waals surface area contributed by atoms with E-state index >= 15 is 0 Å². The number of hydrogen-bond acceptors (Lipinski definition) is 3. The fraction of sp³-hybridized carbons (Fsp3) is 0.278. The minimum atomic E-state index is -0.300. The van der Waals surface area contributed by atoms with Gasteiger partial charge in [-0.3, -0.25) is 4.79 Å². The number of aryl methyl sites for hydroxylation is 1. The Morgan fingerprint density at radius 2 is 2.08 bits per heavy atom. The highest BCUT2D eigenvalue weighted by Gasteiger charge is 2.07. The zero-order valence-corrected chi connectivity index (χ0v) is 14.9. The third kappa shape index (κ3) is 6.06. The van der Waals surface area contributed by atoms with Gasteiger partial charge in [0, 0.05) is 28.6 Å². The quantitative estimate of drug-likeness (QED) is 0.710. The average Bonchev–Trinajstić information content (AvgIpc) is 2.55. The number of hydrogen-bond donors (Lipinski definition) is 1. The standard InChI is InChI=1S/C18H19ClFNO2S/c1-13-4-2-5-14(10-13)23-11-18(22)21-8-9-24-12-15-16(19)6-3-7-17(15)20/h2-7,10H,8-9,11-12H2,1H3,(H,21,22). The van der Waals surface area contributed by atoms with Crippen molar-refractivity contribution in [3.8, 4) is 5.75 Å². The second kappa shape index (κ2) is 9.55. The maximum absolute atomic E-state index is 13.6. The number of ether oxygens (including phenoxy) is 1. The van der Waals surface area contributed by atoms with Crippen molar-refractivity contribution < 1.29 is 13.9 Å². The summed E-state index contributed by atoms with van der Waals surface area (Å²) in [6.07, 6.45) is 0. The van der Waals surface area contributed by atoms with Crippen LogP contribution in [-0.4, -0.2) is 24.8 Å². The van der Waals surface area contributed by atoms with Crippen molar-refractivity contribution in [3.63, 3.8) is 0 Å². The molecule has 24 heavy (non-hydrogen) atoms. The minimum Gasteiger partial charge on any atom is -0.484 e. The summed E-state index contributed by atoms with van der Waals surface area (Å²) in [5.74, 6) is 1.34. The van der Waals surface area contributed by atoms with Gasteiger partial charge in [-0.25, -0.2) is 4.39 Å². The first-order chi connectivity index (χ1) is 11.6. The Balaban J connectivity index is 1.63. The number of benzene rings is 2. The second-order valence-corrected chi connectivity index (χ2v) is 6.72. The van der Waals surface area contributed by atoms with E-state index in [2.05, 4.69) is 5.32 Å². The van der Waals surface area contributed by atoms with Crippen LogP contribution in [0.1, 0.15) is 11.1 Å². The van der Waals surface area contributed by atoms with E-state index in [1.165, 1.54) is 17.8 Å². The molecule has 0 radical (unpaired) electrons. The Kier molecular flexibility index (Phi) is 7.40. The van der Waals surface area contributed by atoms with E-state index < -0.39 is 0 Å². The highest BCUT2D eigenvalue weighted by Crippen LogP contribution is 2.23. The molecule has 2 aromatic rings. The maximum atomic E-state index is 13.6. The lowest BCUT2D eigenvalue weighted by molar-refractivity contribution is -0.122. The Morgan fingerprint density at radius 1 is 1.29 bits per heavy atom. The fourth-order valence-corrected chi connectivity index (χ4v) is 3.21. The van der Waals surface area contributed by atoms with Crippen molar-refractivity contribution in [3.05, 3.63) is 64.4 Å². The van der Waals surface area contributed by atoms with Gasteiger partial charge < -0.3 is 10.1 Å². The lowest BCUT2D eigenvalue weighted by Crippen LogP contribution is -2.30. The summed E-state index contributed by atoms with van der Waals surface area (Å²) in [7, 11) is 0. The Bertz CT molecular complexity index is 676. The van der Waals surface area contributed by atoms with Crippen LogP contribution in [0.2, 0.25) is 5.02 Å². The lowest BCUT2D eigenvalue weighted by atomic mass is 10.2. The van der Waals surface area contributed by atoms with Gasteiger partial charge in [0.05, 0.1) is 0 Å². The Labute approximate surface area is 150 Å². The largest absolute Gasteiger partial charge is 0.484 e. The fourth-order valence-electron chi connectivity index (χ4n) is 2.01. The normalized spacial score (nSPS) is 10.5. The van der Waals surface area contributed by atoms with Crippen LogP contribution in [0.4, 0.5) is 4.39 Å². The average molecular weight is 368 g/mol. The van der Waals surface area contributed by atoms with Gasteiger partial charge in [0.15, 0.2) is 6.61 Å². The molecule has 0 aliphatic heterocycles. The molecule has 0 aromatic heterocycles. The van der Waals surface area contributed by atoms with Gasteiger partial charge in [-0.1, -0.05) is 29.8 Å². The molecular weight excluding hydrogens is 349 g/mol. The van der Waals surface area contributed by atoms with Crippen molar-refractivity contribution >= 4 is 29.3 Å². The molecule has 0 unspecified atom stereocenters. The van der Waals surface area contributed by atoms with Gasteiger partial charge in [-0.15, -0.1) is 0 Å². The molecule has 1 N–H and O–H groups in total. The zero-order valence-electron chi connectivity index (χ0n) is 13.4. The minimum absolute atomic E-state index is 0.0206. The van der Waals surface area contributed by atoms with E-state index in [0.29, 0.717) is 34.4 Å². The first kappa shape index (κ1) is 18.6. The predicted molar refractivity (Wildman–Crippen MR) is 97.3 cm³/mol. The topological polar surface area (TPSA) is 38.3 Å². The first-order valence-electron chi connectivity index (χ1n) is 7.53. The molecule has 3 nitrogen and oxygen atoms in total. The molecule has 1 amide bonds. The summed E-state index contributed by atoms with van der Waals surface area (Å²) in [4.78, 5) is 11.7. The van der Waals surface area contributed by atoms with Crippen LogP contribution in [0.5, 0.6) is 5.75 Å². The van der Waals surface area contributed by atoms with E-state index in [4.69, 9.17) is 16.3 Å². The van der Waals surface area contributed by atoms with Crippen LogP contribution in [-0.2, 0) is 10.5 Å². The summed E-state index contributed by atoms with van der Waals surface area (Å²) < 4.78 is 19.0. The molecule has 2 rings (SSSR count). The van der Waals surface area contributed by atoms with Crippen LogP contribution >= 0.6 is 23.4 Å². The molecule has 128 valence electrons. The van der Waals surface area contributed by atoms with Crippen molar-refractivity contribution in [2.24, 2.45) is 0 Å². The number of amides is 1. The van der Waals surface area contributed by atoms with Crippen LogP contribution in [0.25, 0.3) is 0 Å². The number of carbonyl (C=O) groups is 1. The Hall–Kier alpha value is -1.72. The van der Waals surface area contributed by atoms with E-state index in [9.17, 15) is 9.18 Å². The van der Waals surface area contributed by atoms with Gasteiger partial charge in [0.1, 0.15) is 11.6 Å². The van der Waals surface area contributed by atoms with E-state index in [1.807, 2.05) is 31.2 Å². The molecule has 0 heterocycles. The van der Waals surface area contributed by atoms with Crippen molar-refractivity contribution in [2.45, 2.75) is 12.7 Å². The SMILES string of the molecule is Cc1cccc(OCC(=O)NCCSCc2c(F)cccc2Cl)c1. The van der Waals surface area contributed by atoms with Crippen LogP contribution in [0, 0.1) is 12.7 Å². The molecule has 0 fully saturated rings.